The van der Waals surface area contributed by atoms with E-state index in [0.717, 1.165) is 38.3 Å². The van der Waals surface area contributed by atoms with E-state index in [2.05, 4.69) is 43.3 Å². The summed E-state index contributed by atoms with van der Waals surface area (Å²) >= 11 is 0. The van der Waals surface area contributed by atoms with E-state index in [1.165, 1.54) is 12.8 Å². The summed E-state index contributed by atoms with van der Waals surface area (Å²) in [4.78, 5) is 32.7. The Bertz CT molecular complexity index is 524. The van der Waals surface area contributed by atoms with Gasteiger partial charge in [-0.1, -0.05) is 47.0 Å². The summed E-state index contributed by atoms with van der Waals surface area (Å²) in [7, 11) is 1.80. The normalized spacial score (nSPS) is 15.1. The van der Waals surface area contributed by atoms with Gasteiger partial charge in [0.25, 0.3) is 0 Å². The molecular weight excluding hydrogens is 378 g/mol. The molecule has 1 aliphatic rings. The predicted molar refractivity (Wildman–Crippen MR) is 125 cm³/mol. The van der Waals surface area contributed by atoms with Crippen molar-refractivity contribution >= 4 is 17.8 Å². The molecule has 7 nitrogen and oxygen atoms in total. The van der Waals surface area contributed by atoms with E-state index in [-0.39, 0.29) is 11.8 Å². The standard InChI is InChI=1S/C23H45N5O2/c1-6-20(7-2)18-26-23(24-5)25-12-10-8-9-11-21(29)27-13-15-28(16-14-27)22(30)17-19(3)4/h19-20H,6-18H2,1-5H3,(H2,24,25,26). The molecule has 1 saturated heterocycles. The molecule has 0 spiro atoms. The molecule has 0 aliphatic carbocycles. The summed E-state index contributed by atoms with van der Waals surface area (Å²) in [6.07, 6.45) is 6.51. The molecule has 1 fully saturated rings. The zero-order valence-corrected chi connectivity index (χ0v) is 20.0. The molecule has 2 amide bonds. The molecule has 0 atom stereocenters. The monoisotopic (exact) mass is 423 g/mol. The Morgan fingerprint density at radius 1 is 0.900 bits per heavy atom. The molecule has 0 aromatic carbocycles. The lowest BCUT2D eigenvalue weighted by atomic mass is 10.0. The lowest BCUT2D eigenvalue weighted by Crippen LogP contribution is -2.50. The van der Waals surface area contributed by atoms with E-state index in [9.17, 15) is 9.59 Å². The van der Waals surface area contributed by atoms with E-state index < -0.39 is 0 Å². The molecule has 0 bridgehead atoms. The third-order valence-electron chi connectivity index (χ3n) is 5.86. The van der Waals surface area contributed by atoms with Crippen LogP contribution in [0.3, 0.4) is 0 Å². The van der Waals surface area contributed by atoms with Gasteiger partial charge in [0.15, 0.2) is 5.96 Å². The number of aliphatic imine (C=N–C) groups is 1. The smallest absolute Gasteiger partial charge is 0.222 e. The number of carbonyl (C=O) groups is 2. The molecule has 2 N–H and O–H groups in total. The van der Waals surface area contributed by atoms with Gasteiger partial charge in [-0.25, -0.2) is 0 Å². The average molecular weight is 424 g/mol. The zero-order chi connectivity index (χ0) is 22.4. The summed E-state index contributed by atoms with van der Waals surface area (Å²) in [5.41, 5.74) is 0. The molecule has 0 aromatic rings. The van der Waals surface area contributed by atoms with Gasteiger partial charge in [-0.3, -0.25) is 14.6 Å². The SMILES string of the molecule is CCC(CC)CNC(=NC)NCCCCCC(=O)N1CCN(C(=O)CC(C)C)CC1. The average Bonchev–Trinajstić information content (AvgIpc) is 2.74. The maximum Gasteiger partial charge on any atom is 0.222 e. The highest BCUT2D eigenvalue weighted by molar-refractivity contribution is 5.79. The van der Waals surface area contributed by atoms with E-state index in [1.807, 2.05) is 9.80 Å². The fraction of sp³-hybridized carbons (Fsp3) is 0.870. The number of nitrogens with zero attached hydrogens (tertiary/aromatic N) is 3. The fourth-order valence-corrected chi connectivity index (χ4v) is 3.67. The van der Waals surface area contributed by atoms with Gasteiger partial charge in [0.1, 0.15) is 0 Å². The highest BCUT2D eigenvalue weighted by atomic mass is 16.2. The van der Waals surface area contributed by atoms with Crippen molar-refractivity contribution in [2.75, 3.05) is 46.3 Å². The number of hydrogen-bond acceptors (Lipinski definition) is 3. The molecule has 30 heavy (non-hydrogen) atoms. The van der Waals surface area contributed by atoms with E-state index >= 15 is 0 Å². The number of piperazine rings is 1. The first-order chi connectivity index (χ1) is 14.4. The molecule has 174 valence electrons. The van der Waals surface area contributed by atoms with Crippen LogP contribution in [0, 0.1) is 11.8 Å². The number of nitrogens with one attached hydrogen (secondary N) is 2. The van der Waals surface area contributed by atoms with Gasteiger partial charge in [-0.2, -0.15) is 0 Å². The second kappa shape index (κ2) is 15.1. The fourth-order valence-electron chi connectivity index (χ4n) is 3.67. The van der Waals surface area contributed by atoms with Crippen LogP contribution in [0.2, 0.25) is 0 Å². The zero-order valence-electron chi connectivity index (χ0n) is 20.0. The minimum Gasteiger partial charge on any atom is -0.356 e. The Morgan fingerprint density at radius 2 is 1.50 bits per heavy atom. The minimum atomic E-state index is 0.217. The number of carbonyl (C=O) groups excluding carboxylic acids is 2. The third kappa shape index (κ3) is 10.3. The van der Waals surface area contributed by atoms with Gasteiger partial charge in [0, 0.05) is 59.2 Å². The largest absolute Gasteiger partial charge is 0.356 e. The Hall–Kier alpha value is -1.79. The molecular formula is C23H45N5O2. The van der Waals surface area contributed by atoms with Crippen molar-refractivity contribution in [1.29, 1.82) is 0 Å². The first kappa shape index (κ1) is 26.2. The van der Waals surface area contributed by atoms with Crippen molar-refractivity contribution in [3.05, 3.63) is 0 Å². The van der Waals surface area contributed by atoms with Crippen LogP contribution in [0.5, 0.6) is 0 Å². The van der Waals surface area contributed by atoms with Crippen molar-refractivity contribution in [2.24, 2.45) is 16.8 Å². The Kier molecular flexibility index (Phi) is 13.2. The van der Waals surface area contributed by atoms with Gasteiger partial charge in [0.05, 0.1) is 0 Å². The Balaban J connectivity index is 2.13. The lowest BCUT2D eigenvalue weighted by Gasteiger charge is -2.35. The van der Waals surface area contributed by atoms with Crippen LogP contribution in [0.15, 0.2) is 4.99 Å². The second-order valence-electron chi connectivity index (χ2n) is 8.73. The van der Waals surface area contributed by atoms with E-state index in [4.69, 9.17) is 0 Å². The number of rotatable bonds is 12. The molecule has 1 aliphatic heterocycles. The van der Waals surface area contributed by atoms with Crippen molar-refractivity contribution in [1.82, 2.24) is 20.4 Å². The number of guanidine groups is 1. The van der Waals surface area contributed by atoms with Crippen LogP contribution in [0.1, 0.15) is 72.6 Å². The highest BCUT2D eigenvalue weighted by Gasteiger charge is 2.23. The predicted octanol–water partition coefficient (Wildman–Crippen LogP) is 2.86. The van der Waals surface area contributed by atoms with Crippen LogP contribution in [0.4, 0.5) is 0 Å². The lowest BCUT2D eigenvalue weighted by molar-refractivity contribution is -0.140. The van der Waals surface area contributed by atoms with E-state index in [1.54, 1.807) is 7.05 Å². The van der Waals surface area contributed by atoms with Crippen molar-refractivity contribution in [3.8, 4) is 0 Å². The van der Waals surface area contributed by atoms with Crippen molar-refractivity contribution in [2.45, 2.75) is 72.6 Å². The van der Waals surface area contributed by atoms with Gasteiger partial charge >= 0.3 is 0 Å². The molecule has 1 heterocycles. The summed E-state index contributed by atoms with van der Waals surface area (Å²) in [5.74, 6) is 2.37. The van der Waals surface area contributed by atoms with Gasteiger partial charge in [0.2, 0.25) is 11.8 Å². The van der Waals surface area contributed by atoms with Crippen LogP contribution < -0.4 is 10.6 Å². The van der Waals surface area contributed by atoms with Gasteiger partial charge in [-0.15, -0.1) is 0 Å². The van der Waals surface area contributed by atoms with Crippen LogP contribution in [-0.2, 0) is 9.59 Å². The molecule has 0 aromatic heterocycles. The van der Waals surface area contributed by atoms with E-state index in [0.29, 0.717) is 50.9 Å². The third-order valence-corrected chi connectivity index (χ3v) is 5.86. The molecule has 0 saturated carbocycles. The molecule has 0 radical (unpaired) electrons. The minimum absolute atomic E-state index is 0.217. The maximum atomic E-state index is 12.4. The van der Waals surface area contributed by atoms with Gasteiger partial charge < -0.3 is 20.4 Å². The van der Waals surface area contributed by atoms with Crippen LogP contribution in [0.25, 0.3) is 0 Å². The first-order valence-corrected chi connectivity index (χ1v) is 11.9. The molecule has 1 rings (SSSR count). The summed E-state index contributed by atoms with van der Waals surface area (Å²) in [6, 6.07) is 0. The molecule has 7 heteroatoms. The second-order valence-corrected chi connectivity index (χ2v) is 8.73. The topological polar surface area (TPSA) is 77.0 Å². The summed E-state index contributed by atoms with van der Waals surface area (Å²) in [6.45, 7) is 13.1. The van der Waals surface area contributed by atoms with Crippen molar-refractivity contribution < 1.29 is 9.59 Å². The first-order valence-electron chi connectivity index (χ1n) is 11.9. The van der Waals surface area contributed by atoms with Crippen molar-refractivity contribution in [3.63, 3.8) is 0 Å². The van der Waals surface area contributed by atoms with Gasteiger partial charge in [-0.05, 0) is 24.7 Å². The van der Waals surface area contributed by atoms with Crippen LogP contribution in [-0.4, -0.2) is 73.9 Å². The highest BCUT2D eigenvalue weighted by Crippen LogP contribution is 2.10. The Labute approximate surface area is 184 Å². The number of unbranched alkanes of at least 4 members (excludes halogenated alkanes) is 2. The van der Waals surface area contributed by atoms with Crippen LogP contribution >= 0.6 is 0 Å². The number of hydrogen-bond donors (Lipinski definition) is 2. The molecule has 0 unspecified atom stereocenters. The quantitative estimate of drug-likeness (QED) is 0.287. The maximum absolute atomic E-state index is 12.4. The summed E-state index contributed by atoms with van der Waals surface area (Å²) in [5, 5.41) is 6.75. The summed E-state index contributed by atoms with van der Waals surface area (Å²) < 4.78 is 0. The number of amides is 2. The Morgan fingerprint density at radius 3 is 2.03 bits per heavy atom.